The smallest absolute Gasteiger partial charge is 0.383 e. The largest absolute Gasteiger partial charge is 0.477 e. The molecule has 0 bridgehead atoms. The Hall–Kier alpha value is -2.34. The Labute approximate surface area is 106 Å². The van der Waals surface area contributed by atoms with Crippen molar-refractivity contribution < 1.29 is 24.0 Å². The van der Waals surface area contributed by atoms with Crippen LogP contribution in [0.5, 0.6) is 5.75 Å². The molecule has 6 nitrogen and oxygen atoms in total. The summed E-state index contributed by atoms with van der Waals surface area (Å²) in [6, 6.07) is 6.11. The van der Waals surface area contributed by atoms with E-state index < -0.39 is 17.7 Å². The average molecular weight is 268 g/mol. The number of halogens is 1. The standard InChI is InChI=1S/C11H6ClNO5/c12-6-2-1-3-7(4-6)17-11(16)9-8(10(14)15)5-13-18-9/h1-5H,(H,14,15). The van der Waals surface area contributed by atoms with E-state index in [0.29, 0.717) is 5.02 Å². The maximum Gasteiger partial charge on any atom is 0.383 e. The molecule has 2 rings (SSSR count). The molecule has 0 aliphatic rings. The van der Waals surface area contributed by atoms with Crippen LogP contribution in [0, 0.1) is 0 Å². The molecule has 0 spiro atoms. The molecule has 1 aromatic carbocycles. The van der Waals surface area contributed by atoms with Crippen molar-refractivity contribution in [1.29, 1.82) is 0 Å². The first-order valence-corrected chi connectivity index (χ1v) is 5.11. The van der Waals surface area contributed by atoms with Gasteiger partial charge in [-0.1, -0.05) is 22.8 Å². The van der Waals surface area contributed by atoms with Crippen molar-refractivity contribution >= 4 is 23.5 Å². The Kier molecular flexibility index (Phi) is 3.29. The van der Waals surface area contributed by atoms with Gasteiger partial charge in [0.2, 0.25) is 0 Å². The van der Waals surface area contributed by atoms with E-state index in [2.05, 4.69) is 9.68 Å². The quantitative estimate of drug-likeness (QED) is 0.677. The first kappa shape index (κ1) is 12.1. The predicted octanol–water partition coefficient (Wildman–Crippen LogP) is 2.25. The number of rotatable bonds is 3. The summed E-state index contributed by atoms with van der Waals surface area (Å²) in [7, 11) is 0. The zero-order valence-electron chi connectivity index (χ0n) is 8.79. The van der Waals surface area contributed by atoms with Gasteiger partial charge < -0.3 is 14.4 Å². The van der Waals surface area contributed by atoms with Crippen LogP contribution in [0.15, 0.2) is 35.0 Å². The molecule has 0 amide bonds. The first-order chi connectivity index (χ1) is 8.58. The second kappa shape index (κ2) is 4.89. The molecule has 0 aliphatic heterocycles. The van der Waals surface area contributed by atoms with Crippen LogP contribution in [0.2, 0.25) is 5.02 Å². The van der Waals surface area contributed by atoms with Crippen LogP contribution in [-0.4, -0.2) is 22.2 Å². The minimum atomic E-state index is -1.32. The lowest BCUT2D eigenvalue weighted by Crippen LogP contribution is -2.12. The number of aromatic carboxylic acids is 1. The summed E-state index contributed by atoms with van der Waals surface area (Å²) < 4.78 is 9.46. The van der Waals surface area contributed by atoms with E-state index in [1.807, 2.05) is 0 Å². The highest BCUT2D eigenvalue weighted by Crippen LogP contribution is 2.19. The second-order valence-electron chi connectivity index (χ2n) is 3.22. The normalized spacial score (nSPS) is 10.1. The van der Waals surface area contributed by atoms with E-state index >= 15 is 0 Å². The number of carbonyl (C=O) groups is 2. The van der Waals surface area contributed by atoms with Gasteiger partial charge in [-0.05, 0) is 18.2 Å². The third kappa shape index (κ3) is 2.49. The van der Waals surface area contributed by atoms with Crippen molar-refractivity contribution in [3.8, 4) is 5.75 Å². The van der Waals surface area contributed by atoms with E-state index in [1.54, 1.807) is 12.1 Å². The van der Waals surface area contributed by atoms with E-state index in [4.69, 9.17) is 21.4 Å². The van der Waals surface area contributed by atoms with Gasteiger partial charge in [-0.2, -0.15) is 0 Å². The van der Waals surface area contributed by atoms with Gasteiger partial charge in [0, 0.05) is 5.02 Å². The number of hydrogen-bond donors (Lipinski definition) is 1. The molecule has 7 heteroatoms. The second-order valence-corrected chi connectivity index (χ2v) is 3.66. The molecule has 0 atom stereocenters. The number of benzene rings is 1. The molecule has 0 fully saturated rings. The van der Waals surface area contributed by atoms with Gasteiger partial charge in [0.05, 0.1) is 6.20 Å². The van der Waals surface area contributed by atoms with Crippen molar-refractivity contribution in [2.24, 2.45) is 0 Å². The zero-order valence-corrected chi connectivity index (χ0v) is 9.55. The number of carboxylic acids is 1. The summed E-state index contributed by atoms with van der Waals surface area (Å²) in [5.74, 6) is -2.57. The van der Waals surface area contributed by atoms with Crippen LogP contribution >= 0.6 is 11.6 Å². The predicted molar refractivity (Wildman–Crippen MR) is 59.9 cm³/mol. The summed E-state index contributed by atoms with van der Waals surface area (Å²) in [4.78, 5) is 22.4. The van der Waals surface area contributed by atoms with Gasteiger partial charge in [-0.25, -0.2) is 9.59 Å². The van der Waals surface area contributed by atoms with Crippen molar-refractivity contribution in [2.75, 3.05) is 0 Å². The Morgan fingerprint density at radius 1 is 1.39 bits per heavy atom. The highest BCUT2D eigenvalue weighted by molar-refractivity contribution is 6.30. The fourth-order valence-electron chi connectivity index (χ4n) is 1.22. The lowest BCUT2D eigenvalue weighted by Gasteiger charge is -2.02. The summed E-state index contributed by atoms with van der Waals surface area (Å²) in [6.45, 7) is 0. The molecule has 1 heterocycles. The highest BCUT2D eigenvalue weighted by atomic mass is 35.5. The molecule has 18 heavy (non-hydrogen) atoms. The summed E-state index contributed by atoms with van der Waals surface area (Å²) in [5, 5.41) is 12.4. The molecule has 1 N–H and O–H groups in total. The number of carbonyl (C=O) groups excluding carboxylic acids is 1. The Balaban J connectivity index is 2.22. The third-order valence-electron chi connectivity index (χ3n) is 1.99. The Morgan fingerprint density at radius 2 is 2.17 bits per heavy atom. The van der Waals surface area contributed by atoms with E-state index in [-0.39, 0.29) is 11.3 Å². The lowest BCUT2D eigenvalue weighted by atomic mass is 10.2. The van der Waals surface area contributed by atoms with Crippen LogP contribution in [0.25, 0.3) is 0 Å². The molecule has 92 valence electrons. The fraction of sp³-hybridized carbons (Fsp3) is 0. The summed E-state index contributed by atoms with van der Waals surface area (Å²) in [6.07, 6.45) is 0.927. The Morgan fingerprint density at radius 3 is 2.83 bits per heavy atom. The minimum Gasteiger partial charge on any atom is -0.477 e. The maximum atomic E-state index is 11.6. The summed E-state index contributed by atoms with van der Waals surface area (Å²) in [5.41, 5.74) is -0.359. The van der Waals surface area contributed by atoms with E-state index in [0.717, 1.165) is 6.20 Å². The fourth-order valence-corrected chi connectivity index (χ4v) is 1.40. The maximum absolute atomic E-state index is 11.6. The number of esters is 1. The monoisotopic (exact) mass is 267 g/mol. The SMILES string of the molecule is O=C(O)c1cnoc1C(=O)Oc1cccc(Cl)c1. The number of carboxylic acid groups (broad SMARTS) is 1. The van der Waals surface area contributed by atoms with Gasteiger partial charge in [0.15, 0.2) is 0 Å². The molecular formula is C11H6ClNO5. The van der Waals surface area contributed by atoms with Crippen molar-refractivity contribution in [3.05, 3.63) is 46.8 Å². The van der Waals surface area contributed by atoms with E-state index in [9.17, 15) is 9.59 Å². The van der Waals surface area contributed by atoms with E-state index in [1.165, 1.54) is 12.1 Å². The third-order valence-corrected chi connectivity index (χ3v) is 2.23. The first-order valence-electron chi connectivity index (χ1n) is 4.73. The molecule has 0 unspecified atom stereocenters. The minimum absolute atomic E-state index is 0.181. The average Bonchev–Trinajstić information content (AvgIpc) is 2.77. The molecule has 0 saturated carbocycles. The summed E-state index contributed by atoms with van der Waals surface area (Å²) >= 11 is 5.71. The van der Waals surface area contributed by atoms with Crippen molar-refractivity contribution in [3.63, 3.8) is 0 Å². The lowest BCUT2D eigenvalue weighted by molar-refractivity contribution is 0.0644. The zero-order chi connectivity index (χ0) is 13.1. The van der Waals surface area contributed by atoms with Crippen LogP contribution < -0.4 is 4.74 Å². The molecule has 0 radical (unpaired) electrons. The van der Waals surface area contributed by atoms with Gasteiger partial charge in [0.25, 0.3) is 5.76 Å². The van der Waals surface area contributed by atoms with Crippen LogP contribution in [0.4, 0.5) is 0 Å². The van der Waals surface area contributed by atoms with Crippen LogP contribution in [0.3, 0.4) is 0 Å². The van der Waals surface area contributed by atoms with Crippen LogP contribution in [-0.2, 0) is 0 Å². The van der Waals surface area contributed by atoms with Gasteiger partial charge in [-0.15, -0.1) is 0 Å². The molecule has 0 aliphatic carbocycles. The topological polar surface area (TPSA) is 89.6 Å². The van der Waals surface area contributed by atoms with Gasteiger partial charge >= 0.3 is 11.9 Å². The van der Waals surface area contributed by atoms with Crippen molar-refractivity contribution in [1.82, 2.24) is 5.16 Å². The van der Waals surface area contributed by atoms with Gasteiger partial charge in [0.1, 0.15) is 11.3 Å². The number of ether oxygens (including phenoxy) is 1. The van der Waals surface area contributed by atoms with Crippen LogP contribution in [0.1, 0.15) is 20.9 Å². The molecule has 0 saturated heterocycles. The highest BCUT2D eigenvalue weighted by Gasteiger charge is 2.23. The Bertz CT molecular complexity index is 607. The molecule has 1 aromatic heterocycles. The number of nitrogens with zero attached hydrogens (tertiary/aromatic N) is 1. The molecular weight excluding hydrogens is 262 g/mol. The van der Waals surface area contributed by atoms with Gasteiger partial charge in [-0.3, -0.25) is 0 Å². The molecule has 2 aromatic rings. The van der Waals surface area contributed by atoms with Crippen molar-refractivity contribution in [2.45, 2.75) is 0 Å². The number of aromatic nitrogens is 1. The number of hydrogen-bond acceptors (Lipinski definition) is 5.